The van der Waals surface area contributed by atoms with Crippen LogP contribution in [-0.2, 0) is 13.0 Å². The third kappa shape index (κ3) is 4.83. The summed E-state index contributed by atoms with van der Waals surface area (Å²) < 4.78 is 5.78. The molecule has 0 spiro atoms. The van der Waals surface area contributed by atoms with Crippen LogP contribution >= 0.6 is 11.3 Å². The van der Waals surface area contributed by atoms with Crippen molar-refractivity contribution >= 4 is 11.3 Å². The number of ether oxygens (including phenoxy) is 1. The summed E-state index contributed by atoms with van der Waals surface area (Å²) in [5.41, 5.74) is 8.22. The van der Waals surface area contributed by atoms with E-state index in [1.807, 2.05) is 12.1 Å². The van der Waals surface area contributed by atoms with Crippen LogP contribution in [0.1, 0.15) is 49.4 Å². The lowest BCUT2D eigenvalue weighted by atomic mass is 10.0. The van der Waals surface area contributed by atoms with Crippen LogP contribution in [0.3, 0.4) is 0 Å². The molecule has 3 nitrogen and oxygen atoms in total. The van der Waals surface area contributed by atoms with Gasteiger partial charge in [0.2, 0.25) is 0 Å². The molecule has 1 heterocycles. The van der Waals surface area contributed by atoms with Crippen molar-refractivity contribution in [1.82, 2.24) is 4.98 Å². The molecule has 0 amide bonds. The molecule has 0 bridgehead atoms. The third-order valence-corrected chi connectivity index (χ3v) is 4.59. The summed E-state index contributed by atoms with van der Waals surface area (Å²) in [6, 6.07) is 8.43. The van der Waals surface area contributed by atoms with Gasteiger partial charge < -0.3 is 10.5 Å². The van der Waals surface area contributed by atoms with Crippen LogP contribution < -0.4 is 10.5 Å². The maximum absolute atomic E-state index is 5.97. The molecular weight excluding hydrogens is 280 g/mol. The van der Waals surface area contributed by atoms with Crippen LogP contribution in [0.25, 0.3) is 0 Å². The fourth-order valence-electron chi connectivity index (χ4n) is 1.98. The smallest absolute Gasteiger partial charge is 0.131 e. The van der Waals surface area contributed by atoms with Gasteiger partial charge in [-0.05, 0) is 30.5 Å². The van der Waals surface area contributed by atoms with Crippen molar-refractivity contribution < 1.29 is 4.74 Å². The average molecular weight is 304 g/mol. The Labute approximate surface area is 131 Å². The van der Waals surface area contributed by atoms with Crippen LogP contribution in [0.5, 0.6) is 5.75 Å². The van der Waals surface area contributed by atoms with Crippen molar-refractivity contribution in [3.63, 3.8) is 0 Å². The Morgan fingerprint density at radius 1 is 1.24 bits per heavy atom. The zero-order chi connectivity index (χ0) is 15.2. The number of aromatic nitrogens is 1. The predicted octanol–water partition coefficient (Wildman–Crippen LogP) is 4.13. The summed E-state index contributed by atoms with van der Waals surface area (Å²) in [6.07, 6.45) is 1.92. The Bertz CT molecular complexity index is 548. The van der Waals surface area contributed by atoms with E-state index < -0.39 is 0 Å². The highest BCUT2D eigenvalue weighted by Gasteiger charge is 2.06. The van der Waals surface area contributed by atoms with Gasteiger partial charge >= 0.3 is 0 Å². The number of benzene rings is 1. The van der Waals surface area contributed by atoms with Gasteiger partial charge in [0.05, 0.1) is 10.7 Å². The summed E-state index contributed by atoms with van der Waals surface area (Å²) in [7, 11) is 0. The molecule has 2 rings (SSSR count). The van der Waals surface area contributed by atoms with E-state index in [0.29, 0.717) is 12.5 Å². The van der Waals surface area contributed by atoms with E-state index in [1.54, 1.807) is 11.3 Å². The fraction of sp³-hybridized carbons (Fsp3) is 0.471. The topological polar surface area (TPSA) is 48.1 Å². The summed E-state index contributed by atoms with van der Waals surface area (Å²) in [5.74, 6) is 1.36. The van der Waals surface area contributed by atoms with Crippen molar-refractivity contribution in [2.24, 2.45) is 5.73 Å². The van der Waals surface area contributed by atoms with Gasteiger partial charge in [0.25, 0.3) is 0 Å². The minimum Gasteiger partial charge on any atom is -0.487 e. The lowest BCUT2D eigenvalue weighted by molar-refractivity contribution is 0.301. The number of rotatable bonds is 7. The highest BCUT2D eigenvalue weighted by molar-refractivity contribution is 7.09. The maximum Gasteiger partial charge on any atom is 0.131 e. The van der Waals surface area contributed by atoms with Crippen LogP contribution in [0.4, 0.5) is 0 Å². The zero-order valence-electron chi connectivity index (χ0n) is 13.0. The minimum absolute atomic E-state index is 0.237. The molecule has 2 N–H and O–H groups in total. The predicted molar refractivity (Wildman–Crippen MR) is 88.9 cm³/mol. The average Bonchev–Trinajstić information content (AvgIpc) is 2.95. The van der Waals surface area contributed by atoms with Crippen molar-refractivity contribution in [2.75, 3.05) is 0 Å². The first kappa shape index (κ1) is 16.0. The molecule has 0 saturated heterocycles. The van der Waals surface area contributed by atoms with E-state index in [4.69, 9.17) is 10.5 Å². The largest absolute Gasteiger partial charge is 0.487 e. The highest BCUT2D eigenvalue weighted by Crippen LogP contribution is 2.20. The zero-order valence-corrected chi connectivity index (χ0v) is 13.8. The number of thiazole rings is 1. The molecular formula is C17H24N2OS. The van der Waals surface area contributed by atoms with E-state index in [1.165, 1.54) is 5.56 Å². The second kappa shape index (κ2) is 7.57. The number of nitrogens with zero attached hydrogens (tertiary/aromatic N) is 1. The SMILES string of the molecule is CCC(N)Cc1ccc(OCc2csc(C(C)C)n2)cc1. The molecule has 21 heavy (non-hydrogen) atoms. The minimum atomic E-state index is 0.237. The van der Waals surface area contributed by atoms with Crippen LogP contribution in [0.2, 0.25) is 0 Å². The first-order chi connectivity index (χ1) is 10.1. The summed E-state index contributed by atoms with van der Waals surface area (Å²) in [6.45, 7) is 6.95. The molecule has 0 aliphatic heterocycles. The molecule has 0 radical (unpaired) electrons. The number of hydrogen-bond acceptors (Lipinski definition) is 4. The van der Waals surface area contributed by atoms with Crippen molar-refractivity contribution in [3.8, 4) is 5.75 Å². The van der Waals surface area contributed by atoms with Crippen LogP contribution in [0.15, 0.2) is 29.6 Å². The molecule has 4 heteroatoms. The quantitative estimate of drug-likeness (QED) is 0.837. The highest BCUT2D eigenvalue weighted by atomic mass is 32.1. The Hall–Kier alpha value is -1.39. The first-order valence-electron chi connectivity index (χ1n) is 7.50. The molecule has 0 fully saturated rings. The van der Waals surface area contributed by atoms with Crippen LogP contribution in [-0.4, -0.2) is 11.0 Å². The monoisotopic (exact) mass is 304 g/mol. The van der Waals surface area contributed by atoms with Crippen molar-refractivity contribution in [2.45, 2.75) is 52.2 Å². The molecule has 0 aliphatic rings. The van der Waals surface area contributed by atoms with Gasteiger partial charge in [-0.15, -0.1) is 11.3 Å². The summed E-state index contributed by atoms with van der Waals surface area (Å²) >= 11 is 1.70. The van der Waals surface area contributed by atoms with Crippen LogP contribution in [0, 0.1) is 0 Å². The Kier molecular flexibility index (Phi) is 5.76. The van der Waals surface area contributed by atoms with Crippen molar-refractivity contribution in [1.29, 1.82) is 0 Å². The summed E-state index contributed by atoms with van der Waals surface area (Å²) in [5, 5.41) is 3.24. The molecule has 114 valence electrons. The molecule has 1 atom stereocenters. The molecule has 1 unspecified atom stereocenters. The summed E-state index contributed by atoms with van der Waals surface area (Å²) in [4.78, 5) is 4.57. The van der Waals surface area contributed by atoms with E-state index >= 15 is 0 Å². The molecule has 0 saturated carbocycles. The van der Waals surface area contributed by atoms with Gasteiger partial charge in [0.1, 0.15) is 12.4 Å². The maximum atomic E-state index is 5.97. The first-order valence-corrected chi connectivity index (χ1v) is 8.38. The van der Waals surface area contributed by atoms with E-state index in [0.717, 1.165) is 29.3 Å². The van der Waals surface area contributed by atoms with Crippen molar-refractivity contribution in [3.05, 3.63) is 45.9 Å². The van der Waals surface area contributed by atoms with Gasteiger partial charge in [-0.1, -0.05) is 32.9 Å². The third-order valence-electron chi connectivity index (χ3n) is 3.40. The Morgan fingerprint density at radius 3 is 2.52 bits per heavy atom. The van der Waals surface area contributed by atoms with Gasteiger partial charge in [0, 0.05) is 17.3 Å². The van der Waals surface area contributed by atoms with E-state index in [-0.39, 0.29) is 6.04 Å². The number of hydrogen-bond donors (Lipinski definition) is 1. The Balaban J connectivity index is 1.88. The van der Waals surface area contributed by atoms with Gasteiger partial charge in [-0.25, -0.2) is 4.98 Å². The molecule has 1 aromatic heterocycles. The van der Waals surface area contributed by atoms with E-state index in [2.05, 4.69) is 43.3 Å². The molecule has 1 aromatic carbocycles. The van der Waals surface area contributed by atoms with Gasteiger partial charge in [-0.3, -0.25) is 0 Å². The lowest BCUT2D eigenvalue weighted by Crippen LogP contribution is -2.21. The second-order valence-electron chi connectivity index (χ2n) is 5.64. The number of nitrogens with two attached hydrogens (primary N) is 1. The fourth-order valence-corrected chi connectivity index (χ4v) is 2.80. The standard InChI is InChI=1S/C17H24N2OS/c1-4-14(18)9-13-5-7-16(8-6-13)20-10-15-11-21-17(19-15)12(2)3/h5-8,11-12,14H,4,9-10,18H2,1-3H3. The normalized spacial score (nSPS) is 12.6. The van der Waals surface area contributed by atoms with Gasteiger partial charge in [-0.2, -0.15) is 0 Å². The second-order valence-corrected chi connectivity index (χ2v) is 6.53. The van der Waals surface area contributed by atoms with E-state index in [9.17, 15) is 0 Å². The molecule has 2 aromatic rings. The lowest BCUT2D eigenvalue weighted by Gasteiger charge is -2.09. The van der Waals surface area contributed by atoms with Gasteiger partial charge in [0.15, 0.2) is 0 Å². The Morgan fingerprint density at radius 2 is 1.95 bits per heavy atom. The molecule has 0 aliphatic carbocycles.